The van der Waals surface area contributed by atoms with Gasteiger partial charge < -0.3 is 10.4 Å². The molecule has 3 unspecified atom stereocenters. The Bertz CT molecular complexity index is 405. The summed E-state index contributed by atoms with van der Waals surface area (Å²) in [5.74, 6) is 1.12. The minimum Gasteiger partial charge on any atom is -0.396 e. The predicted molar refractivity (Wildman–Crippen MR) is 80.5 cm³/mol. The molecule has 1 saturated carbocycles. The quantitative estimate of drug-likeness (QED) is 0.871. The normalized spacial score (nSPS) is 25.5. The Morgan fingerprint density at radius 1 is 1.32 bits per heavy atom. The van der Waals surface area contributed by atoms with E-state index in [1.54, 1.807) is 11.3 Å². The van der Waals surface area contributed by atoms with Crippen molar-refractivity contribution in [2.75, 3.05) is 13.2 Å². The molecular weight excluding hydrogens is 256 g/mol. The summed E-state index contributed by atoms with van der Waals surface area (Å²) in [6.07, 6.45) is 5.03. The van der Waals surface area contributed by atoms with E-state index in [1.165, 1.54) is 36.3 Å². The van der Waals surface area contributed by atoms with Gasteiger partial charge in [0.25, 0.3) is 0 Å². The fourth-order valence-corrected chi connectivity index (χ4v) is 4.08. The molecule has 0 aromatic carbocycles. The van der Waals surface area contributed by atoms with Crippen LogP contribution in [0.15, 0.2) is 0 Å². The van der Waals surface area contributed by atoms with Crippen molar-refractivity contribution in [1.29, 1.82) is 0 Å². The molecule has 1 aromatic heterocycles. The molecule has 2 rings (SSSR count). The molecule has 19 heavy (non-hydrogen) atoms. The van der Waals surface area contributed by atoms with E-state index in [1.807, 2.05) is 0 Å². The molecule has 1 fully saturated rings. The predicted octanol–water partition coefficient (Wildman–Crippen LogP) is 3.21. The summed E-state index contributed by atoms with van der Waals surface area (Å²) in [5, 5.41) is 14.2. The molecule has 0 amide bonds. The fraction of sp³-hybridized carbons (Fsp3) is 0.800. The van der Waals surface area contributed by atoms with Gasteiger partial charge >= 0.3 is 0 Å². The molecule has 1 heterocycles. The highest BCUT2D eigenvalue weighted by atomic mass is 32.1. The summed E-state index contributed by atoms with van der Waals surface area (Å²) in [5.41, 5.74) is 1.19. The van der Waals surface area contributed by atoms with E-state index in [0.29, 0.717) is 24.5 Å². The van der Waals surface area contributed by atoms with E-state index in [-0.39, 0.29) is 0 Å². The second-order valence-corrected chi connectivity index (χ2v) is 7.20. The number of hydrogen-bond donors (Lipinski definition) is 2. The molecule has 0 radical (unpaired) electrons. The fourth-order valence-electron chi connectivity index (χ4n) is 3.17. The Balaban J connectivity index is 1.89. The van der Waals surface area contributed by atoms with Gasteiger partial charge in [-0.2, -0.15) is 0 Å². The average Bonchev–Trinajstić information content (AvgIpc) is 2.75. The highest BCUT2D eigenvalue weighted by molar-refractivity contribution is 7.11. The van der Waals surface area contributed by atoms with Crippen molar-refractivity contribution in [2.45, 2.75) is 52.5 Å². The molecule has 0 bridgehead atoms. The van der Waals surface area contributed by atoms with Crippen LogP contribution in [0.2, 0.25) is 0 Å². The summed E-state index contributed by atoms with van der Waals surface area (Å²) in [4.78, 5) is 5.94. The van der Waals surface area contributed by atoms with Gasteiger partial charge in [-0.1, -0.05) is 12.8 Å². The van der Waals surface area contributed by atoms with Gasteiger partial charge in [-0.15, -0.1) is 11.3 Å². The number of aliphatic hydroxyl groups is 1. The maximum Gasteiger partial charge on any atom is 0.0900 e. The van der Waals surface area contributed by atoms with E-state index < -0.39 is 0 Å². The van der Waals surface area contributed by atoms with Gasteiger partial charge in [-0.25, -0.2) is 4.98 Å². The van der Waals surface area contributed by atoms with Crippen LogP contribution in [0.25, 0.3) is 0 Å². The van der Waals surface area contributed by atoms with Gasteiger partial charge in [-0.05, 0) is 52.0 Å². The lowest BCUT2D eigenvalue weighted by Crippen LogP contribution is -2.33. The third-order valence-electron chi connectivity index (χ3n) is 4.34. The largest absolute Gasteiger partial charge is 0.396 e. The summed E-state index contributed by atoms with van der Waals surface area (Å²) < 4.78 is 0. The molecule has 1 aliphatic rings. The van der Waals surface area contributed by atoms with Gasteiger partial charge in [0.15, 0.2) is 0 Å². The number of thiazole rings is 1. The lowest BCUT2D eigenvalue weighted by Gasteiger charge is -2.31. The number of aromatic nitrogens is 1. The zero-order valence-corrected chi connectivity index (χ0v) is 13.1. The second-order valence-electron chi connectivity index (χ2n) is 5.79. The number of nitrogens with zero attached hydrogens (tertiary/aromatic N) is 1. The van der Waals surface area contributed by atoms with Crippen LogP contribution in [-0.4, -0.2) is 23.2 Å². The number of aryl methyl sites for hydroxylation is 2. The Hall–Kier alpha value is -0.450. The molecule has 108 valence electrons. The third-order valence-corrected chi connectivity index (χ3v) is 5.24. The van der Waals surface area contributed by atoms with Crippen LogP contribution in [0.4, 0.5) is 0 Å². The topological polar surface area (TPSA) is 45.2 Å². The van der Waals surface area contributed by atoms with E-state index >= 15 is 0 Å². The minimum atomic E-state index is 0.311. The van der Waals surface area contributed by atoms with Gasteiger partial charge in [0.1, 0.15) is 0 Å². The third kappa shape index (κ3) is 3.77. The monoisotopic (exact) mass is 282 g/mol. The number of aliphatic hydroxyl groups excluding tert-OH is 1. The van der Waals surface area contributed by atoms with Crippen molar-refractivity contribution >= 4 is 11.3 Å². The van der Waals surface area contributed by atoms with Crippen molar-refractivity contribution in [3.05, 3.63) is 15.6 Å². The zero-order valence-electron chi connectivity index (χ0n) is 12.3. The lowest BCUT2D eigenvalue weighted by atomic mass is 9.79. The lowest BCUT2D eigenvalue weighted by molar-refractivity contribution is 0.131. The van der Waals surface area contributed by atoms with Crippen molar-refractivity contribution in [3.63, 3.8) is 0 Å². The van der Waals surface area contributed by atoms with Crippen LogP contribution in [0.1, 0.15) is 54.2 Å². The first kappa shape index (κ1) is 14.9. The highest BCUT2D eigenvalue weighted by Gasteiger charge is 2.25. The van der Waals surface area contributed by atoms with Crippen LogP contribution in [0.3, 0.4) is 0 Å². The Kier molecular flexibility index (Phi) is 5.37. The van der Waals surface area contributed by atoms with E-state index in [4.69, 9.17) is 0 Å². The molecule has 0 aliphatic heterocycles. The molecule has 3 nitrogen and oxygen atoms in total. The van der Waals surface area contributed by atoms with Crippen molar-refractivity contribution in [2.24, 2.45) is 11.8 Å². The molecule has 1 aliphatic carbocycles. The van der Waals surface area contributed by atoms with Crippen LogP contribution in [0, 0.1) is 25.7 Å². The standard InChI is InChI=1S/C15H26N2OS/c1-10(15-11(2)19-12(3)17-15)16-8-13-6-4-5-7-14(13)9-18/h10,13-14,16,18H,4-9H2,1-3H3. The van der Waals surface area contributed by atoms with Crippen LogP contribution in [-0.2, 0) is 0 Å². The van der Waals surface area contributed by atoms with Crippen molar-refractivity contribution in [1.82, 2.24) is 10.3 Å². The average molecular weight is 282 g/mol. The molecule has 2 N–H and O–H groups in total. The highest BCUT2D eigenvalue weighted by Crippen LogP contribution is 2.30. The molecule has 0 saturated heterocycles. The first-order valence-corrected chi connectivity index (χ1v) is 8.21. The van der Waals surface area contributed by atoms with Gasteiger partial charge in [0, 0.05) is 17.5 Å². The van der Waals surface area contributed by atoms with Gasteiger partial charge in [-0.3, -0.25) is 0 Å². The van der Waals surface area contributed by atoms with Crippen LogP contribution < -0.4 is 5.32 Å². The second kappa shape index (κ2) is 6.82. The maximum absolute atomic E-state index is 9.45. The summed E-state index contributed by atoms with van der Waals surface area (Å²) in [6, 6.07) is 0.311. The molecule has 0 spiro atoms. The summed E-state index contributed by atoms with van der Waals surface area (Å²) in [6.45, 7) is 7.75. The SMILES string of the molecule is Cc1nc(C(C)NCC2CCCCC2CO)c(C)s1. The van der Waals surface area contributed by atoms with E-state index in [9.17, 15) is 5.11 Å². The Labute approximate surface area is 120 Å². The molecule has 3 atom stereocenters. The summed E-state index contributed by atoms with van der Waals surface area (Å²) >= 11 is 1.77. The van der Waals surface area contributed by atoms with Crippen LogP contribution >= 0.6 is 11.3 Å². The van der Waals surface area contributed by atoms with Crippen molar-refractivity contribution in [3.8, 4) is 0 Å². The maximum atomic E-state index is 9.45. The zero-order chi connectivity index (χ0) is 13.8. The van der Waals surface area contributed by atoms with Crippen LogP contribution in [0.5, 0.6) is 0 Å². The van der Waals surface area contributed by atoms with E-state index in [0.717, 1.165) is 11.6 Å². The molecule has 4 heteroatoms. The van der Waals surface area contributed by atoms with E-state index in [2.05, 4.69) is 31.1 Å². The van der Waals surface area contributed by atoms with Gasteiger partial charge in [0.2, 0.25) is 0 Å². The number of hydrogen-bond acceptors (Lipinski definition) is 4. The smallest absolute Gasteiger partial charge is 0.0900 e. The first-order chi connectivity index (χ1) is 9.11. The minimum absolute atomic E-state index is 0.311. The Morgan fingerprint density at radius 2 is 2.00 bits per heavy atom. The number of nitrogens with one attached hydrogen (secondary N) is 1. The summed E-state index contributed by atoms with van der Waals surface area (Å²) in [7, 11) is 0. The van der Waals surface area contributed by atoms with Crippen molar-refractivity contribution < 1.29 is 5.11 Å². The Morgan fingerprint density at radius 3 is 2.58 bits per heavy atom. The molecule has 1 aromatic rings. The molecular formula is C15H26N2OS. The number of rotatable bonds is 5. The first-order valence-electron chi connectivity index (χ1n) is 7.40. The van der Waals surface area contributed by atoms with Gasteiger partial charge in [0.05, 0.1) is 10.7 Å².